The van der Waals surface area contributed by atoms with Crippen LogP contribution in [0.25, 0.3) is 16.9 Å². The minimum atomic E-state index is 0.473. The van der Waals surface area contributed by atoms with Gasteiger partial charge in [-0.1, -0.05) is 37.3 Å². The average molecular weight is 403 g/mol. The molecule has 4 rings (SSSR count). The van der Waals surface area contributed by atoms with E-state index in [1.165, 1.54) is 11.1 Å². The number of aryl methyl sites for hydroxylation is 3. The summed E-state index contributed by atoms with van der Waals surface area (Å²) in [6.45, 7) is 6.24. The van der Waals surface area contributed by atoms with Crippen LogP contribution in [-0.2, 0) is 6.42 Å². The SMILES string of the molecule is CCc1n[nH]c(=S)n1/N=C\c1cn(-c2ccccc2)nc1-c1ccc(C)c(C)c1. The number of hydrogen-bond donors (Lipinski definition) is 1. The number of aromatic amines is 1. The molecular formula is C22H22N6S. The molecule has 0 fully saturated rings. The van der Waals surface area contributed by atoms with E-state index in [-0.39, 0.29) is 0 Å². The molecule has 0 saturated carbocycles. The molecule has 0 bridgehead atoms. The van der Waals surface area contributed by atoms with Crippen LogP contribution in [0.1, 0.15) is 29.4 Å². The highest BCUT2D eigenvalue weighted by atomic mass is 32.1. The van der Waals surface area contributed by atoms with Crippen molar-refractivity contribution in [1.82, 2.24) is 24.7 Å². The Kier molecular flexibility index (Phi) is 5.22. The molecule has 7 heteroatoms. The van der Waals surface area contributed by atoms with Crippen molar-refractivity contribution in [2.45, 2.75) is 27.2 Å². The topological polar surface area (TPSA) is 63.8 Å². The second-order valence-electron chi connectivity index (χ2n) is 6.87. The van der Waals surface area contributed by atoms with E-state index >= 15 is 0 Å². The van der Waals surface area contributed by atoms with Crippen LogP contribution in [-0.4, -0.2) is 30.9 Å². The van der Waals surface area contributed by atoms with Crippen molar-refractivity contribution < 1.29 is 0 Å². The van der Waals surface area contributed by atoms with Gasteiger partial charge in [-0.15, -0.1) is 0 Å². The van der Waals surface area contributed by atoms with Gasteiger partial charge in [0.15, 0.2) is 5.82 Å². The first-order valence-electron chi connectivity index (χ1n) is 9.50. The molecule has 0 atom stereocenters. The van der Waals surface area contributed by atoms with E-state index < -0.39 is 0 Å². The highest BCUT2D eigenvalue weighted by molar-refractivity contribution is 7.71. The number of aromatic nitrogens is 5. The van der Waals surface area contributed by atoms with E-state index in [0.29, 0.717) is 4.77 Å². The summed E-state index contributed by atoms with van der Waals surface area (Å²) in [5.74, 6) is 0.787. The Hall–Kier alpha value is -3.32. The molecule has 0 aliphatic heterocycles. The lowest BCUT2D eigenvalue weighted by Gasteiger charge is -2.04. The average Bonchev–Trinajstić information content (AvgIpc) is 3.32. The molecule has 0 aliphatic rings. The zero-order chi connectivity index (χ0) is 20.4. The highest BCUT2D eigenvalue weighted by Gasteiger charge is 2.12. The van der Waals surface area contributed by atoms with Crippen molar-refractivity contribution in [3.63, 3.8) is 0 Å². The highest BCUT2D eigenvalue weighted by Crippen LogP contribution is 2.25. The Morgan fingerprint density at radius 3 is 2.62 bits per heavy atom. The van der Waals surface area contributed by atoms with Crippen LogP contribution < -0.4 is 0 Å². The largest absolute Gasteiger partial charge is 0.250 e. The summed E-state index contributed by atoms with van der Waals surface area (Å²) in [6.07, 6.45) is 4.51. The minimum Gasteiger partial charge on any atom is -0.250 e. The lowest BCUT2D eigenvalue weighted by Crippen LogP contribution is -1.97. The molecule has 146 valence electrons. The Morgan fingerprint density at radius 2 is 1.90 bits per heavy atom. The van der Waals surface area contributed by atoms with Gasteiger partial charge >= 0.3 is 0 Å². The fraction of sp³-hybridized carbons (Fsp3) is 0.182. The first-order chi connectivity index (χ1) is 14.1. The second kappa shape index (κ2) is 7.97. The zero-order valence-corrected chi connectivity index (χ0v) is 17.4. The maximum Gasteiger partial charge on any atom is 0.216 e. The van der Waals surface area contributed by atoms with Crippen LogP contribution in [0.5, 0.6) is 0 Å². The summed E-state index contributed by atoms with van der Waals surface area (Å²) < 4.78 is 4.00. The number of nitrogens with one attached hydrogen (secondary N) is 1. The predicted octanol–water partition coefficient (Wildman–Crippen LogP) is 4.85. The van der Waals surface area contributed by atoms with Gasteiger partial charge in [-0.05, 0) is 55.4 Å². The van der Waals surface area contributed by atoms with E-state index in [9.17, 15) is 0 Å². The number of H-pyrrole nitrogens is 1. The molecule has 0 spiro atoms. The monoisotopic (exact) mass is 402 g/mol. The molecule has 0 saturated heterocycles. The van der Waals surface area contributed by atoms with Gasteiger partial charge in [0, 0.05) is 23.7 Å². The van der Waals surface area contributed by atoms with Gasteiger partial charge in [-0.2, -0.15) is 20.0 Å². The Bertz CT molecular complexity index is 1230. The molecule has 6 nitrogen and oxygen atoms in total. The summed E-state index contributed by atoms with van der Waals surface area (Å²) in [4.78, 5) is 0. The van der Waals surface area contributed by atoms with Crippen molar-refractivity contribution in [2.75, 3.05) is 0 Å². The standard InChI is InChI=1S/C22H22N6S/c1-4-20-24-25-22(29)28(20)23-13-18-14-27(19-8-6-5-7-9-19)26-21(18)17-11-10-15(2)16(3)12-17/h5-14H,4H2,1-3H3,(H,25,29)/b23-13-. The summed E-state index contributed by atoms with van der Waals surface area (Å²) >= 11 is 5.30. The number of rotatable bonds is 5. The van der Waals surface area contributed by atoms with Gasteiger partial charge in [0.2, 0.25) is 4.77 Å². The molecule has 0 aliphatic carbocycles. The Morgan fingerprint density at radius 1 is 1.10 bits per heavy atom. The number of nitrogens with zero attached hydrogens (tertiary/aromatic N) is 5. The molecule has 2 heterocycles. The summed E-state index contributed by atoms with van der Waals surface area (Å²) in [7, 11) is 0. The van der Waals surface area contributed by atoms with Crippen LogP contribution in [0, 0.1) is 18.6 Å². The van der Waals surface area contributed by atoms with E-state index in [1.54, 1.807) is 10.9 Å². The molecular weight excluding hydrogens is 380 g/mol. The molecule has 1 N–H and O–H groups in total. The summed E-state index contributed by atoms with van der Waals surface area (Å²) in [6, 6.07) is 16.4. The first kappa shape index (κ1) is 19.0. The fourth-order valence-corrected chi connectivity index (χ4v) is 3.30. The lowest BCUT2D eigenvalue weighted by atomic mass is 10.0. The molecule has 0 radical (unpaired) electrons. The predicted molar refractivity (Wildman–Crippen MR) is 118 cm³/mol. The van der Waals surface area contributed by atoms with Crippen LogP contribution in [0.2, 0.25) is 0 Å². The molecule has 29 heavy (non-hydrogen) atoms. The van der Waals surface area contributed by atoms with Gasteiger partial charge in [-0.25, -0.2) is 4.68 Å². The lowest BCUT2D eigenvalue weighted by molar-refractivity contribution is 0.780. The zero-order valence-electron chi connectivity index (χ0n) is 16.6. The number of benzene rings is 2. The van der Waals surface area contributed by atoms with E-state index in [0.717, 1.165) is 34.8 Å². The second-order valence-corrected chi connectivity index (χ2v) is 7.25. The van der Waals surface area contributed by atoms with Crippen molar-refractivity contribution in [1.29, 1.82) is 0 Å². The van der Waals surface area contributed by atoms with Crippen molar-refractivity contribution >= 4 is 18.4 Å². The van der Waals surface area contributed by atoms with Gasteiger partial charge in [0.1, 0.15) is 5.69 Å². The van der Waals surface area contributed by atoms with Crippen LogP contribution in [0.3, 0.4) is 0 Å². The number of para-hydroxylation sites is 1. The summed E-state index contributed by atoms with van der Waals surface area (Å²) in [5, 5.41) is 16.4. The first-order valence-corrected chi connectivity index (χ1v) is 9.91. The third kappa shape index (κ3) is 3.82. The van der Waals surface area contributed by atoms with Crippen LogP contribution in [0.4, 0.5) is 0 Å². The van der Waals surface area contributed by atoms with Gasteiger partial charge in [-0.3, -0.25) is 5.10 Å². The minimum absolute atomic E-state index is 0.473. The van der Waals surface area contributed by atoms with Crippen LogP contribution >= 0.6 is 12.2 Å². The van der Waals surface area contributed by atoms with Gasteiger partial charge in [0.25, 0.3) is 0 Å². The molecule has 2 aromatic carbocycles. The maximum atomic E-state index is 5.30. The third-order valence-electron chi connectivity index (χ3n) is 4.89. The van der Waals surface area contributed by atoms with Gasteiger partial charge in [0.05, 0.1) is 11.9 Å². The van der Waals surface area contributed by atoms with Crippen molar-refractivity contribution in [3.05, 3.63) is 82.0 Å². The molecule has 2 aromatic heterocycles. The van der Waals surface area contributed by atoms with Crippen molar-refractivity contribution in [3.8, 4) is 16.9 Å². The molecule has 0 amide bonds. The van der Waals surface area contributed by atoms with Gasteiger partial charge < -0.3 is 0 Å². The van der Waals surface area contributed by atoms with E-state index in [2.05, 4.69) is 47.3 Å². The maximum absolute atomic E-state index is 5.30. The normalized spacial score (nSPS) is 11.4. The van der Waals surface area contributed by atoms with Crippen LogP contribution in [0.15, 0.2) is 59.8 Å². The van der Waals surface area contributed by atoms with Crippen molar-refractivity contribution in [2.24, 2.45) is 5.10 Å². The fourth-order valence-electron chi connectivity index (χ4n) is 3.10. The quantitative estimate of drug-likeness (QED) is 0.383. The Labute approximate surface area is 174 Å². The third-order valence-corrected chi connectivity index (χ3v) is 5.15. The smallest absolute Gasteiger partial charge is 0.216 e. The Balaban J connectivity index is 1.84. The summed E-state index contributed by atoms with van der Waals surface area (Å²) in [5.41, 5.74) is 6.30. The van der Waals surface area contributed by atoms with E-state index in [4.69, 9.17) is 17.3 Å². The molecule has 0 unspecified atom stereocenters. The van der Waals surface area contributed by atoms with E-state index in [1.807, 2.05) is 48.1 Å². The molecule has 4 aromatic rings. The number of hydrogen-bond acceptors (Lipinski definition) is 4.